The highest BCUT2D eigenvalue weighted by molar-refractivity contribution is 5.92. The first-order chi connectivity index (χ1) is 10.2. The molecule has 0 aromatic carbocycles. The van der Waals surface area contributed by atoms with E-state index in [1.165, 1.54) is 6.92 Å². The number of Topliss-reactive ketones (excluding diaryl/α,β-unsaturated/α-hetero) is 1. The number of ketones is 1. The minimum Gasteiger partial charge on any atom is -0.458 e. The van der Waals surface area contributed by atoms with Crippen LogP contribution in [0.3, 0.4) is 0 Å². The molecule has 0 bridgehead atoms. The average Bonchev–Trinajstić information content (AvgIpc) is 2.79. The van der Waals surface area contributed by atoms with Crippen LogP contribution in [0, 0.1) is 17.3 Å². The summed E-state index contributed by atoms with van der Waals surface area (Å²) in [5, 5.41) is 0. The minimum absolute atomic E-state index is 0.0541. The number of carbonyl (C=O) groups excluding carboxylic acids is 3. The fourth-order valence-electron chi connectivity index (χ4n) is 4.80. The molecule has 1 heterocycles. The Morgan fingerprint density at radius 2 is 2.09 bits per heavy atom. The standard InChI is InChI=1S/C17H22O5/c1-9-7-13-12(10(2)15(20)21-13)8-16(4)14(19)5-6-17(9,16)22-11(3)18/h9,12-13H,2,5-8H2,1,3-4H3/t9-,12+,13+,16+,17+/m0/s1. The molecule has 0 spiro atoms. The van der Waals surface area contributed by atoms with Crippen LogP contribution in [-0.4, -0.2) is 29.4 Å². The summed E-state index contributed by atoms with van der Waals surface area (Å²) in [4.78, 5) is 36.1. The van der Waals surface area contributed by atoms with Gasteiger partial charge in [0.15, 0.2) is 0 Å². The van der Waals surface area contributed by atoms with Gasteiger partial charge in [0, 0.05) is 30.8 Å². The van der Waals surface area contributed by atoms with Crippen molar-refractivity contribution in [2.45, 2.75) is 58.2 Å². The first-order valence-corrected chi connectivity index (χ1v) is 7.84. The molecule has 1 saturated heterocycles. The normalized spacial score (nSPS) is 44.1. The van der Waals surface area contributed by atoms with Crippen molar-refractivity contribution in [1.82, 2.24) is 0 Å². The van der Waals surface area contributed by atoms with Crippen molar-refractivity contribution in [3.8, 4) is 0 Å². The van der Waals surface area contributed by atoms with Gasteiger partial charge in [-0.2, -0.15) is 0 Å². The Hall–Kier alpha value is -1.65. The van der Waals surface area contributed by atoms with Crippen molar-refractivity contribution in [3.05, 3.63) is 12.2 Å². The number of ether oxygens (including phenoxy) is 2. The smallest absolute Gasteiger partial charge is 0.334 e. The molecule has 0 radical (unpaired) electrons. The van der Waals surface area contributed by atoms with Crippen LogP contribution >= 0.6 is 0 Å². The first-order valence-electron chi connectivity index (χ1n) is 7.84. The first kappa shape index (κ1) is 15.3. The third kappa shape index (κ3) is 1.80. The van der Waals surface area contributed by atoms with Gasteiger partial charge in [0.2, 0.25) is 0 Å². The van der Waals surface area contributed by atoms with Gasteiger partial charge in [-0.1, -0.05) is 13.5 Å². The Morgan fingerprint density at radius 3 is 2.73 bits per heavy atom. The second-order valence-corrected chi connectivity index (χ2v) is 7.15. The van der Waals surface area contributed by atoms with Crippen LogP contribution in [-0.2, 0) is 23.9 Å². The molecule has 3 fully saturated rings. The molecular weight excluding hydrogens is 284 g/mol. The van der Waals surface area contributed by atoms with Gasteiger partial charge in [-0.25, -0.2) is 4.79 Å². The van der Waals surface area contributed by atoms with E-state index in [9.17, 15) is 14.4 Å². The largest absolute Gasteiger partial charge is 0.458 e. The predicted octanol–water partition coefficient (Wildman–Crippen LogP) is 2.19. The van der Waals surface area contributed by atoms with Crippen molar-refractivity contribution >= 4 is 17.7 Å². The quantitative estimate of drug-likeness (QED) is 0.548. The van der Waals surface area contributed by atoms with E-state index in [1.54, 1.807) is 0 Å². The summed E-state index contributed by atoms with van der Waals surface area (Å²) < 4.78 is 11.2. The molecule has 0 aromatic rings. The lowest BCUT2D eigenvalue weighted by Gasteiger charge is -2.44. The van der Waals surface area contributed by atoms with Crippen LogP contribution in [0.1, 0.15) is 46.5 Å². The van der Waals surface area contributed by atoms with Crippen LogP contribution in [0.5, 0.6) is 0 Å². The molecule has 0 unspecified atom stereocenters. The summed E-state index contributed by atoms with van der Waals surface area (Å²) >= 11 is 0. The average molecular weight is 306 g/mol. The van der Waals surface area contributed by atoms with Gasteiger partial charge in [-0.05, 0) is 26.2 Å². The molecule has 22 heavy (non-hydrogen) atoms. The van der Waals surface area contributed by atoms with Crippen LogP contribution in [0.2, 0.25) is 0 Å². The Bertz CT molecular complexity index is 580. The number of rotatable bonds is 1. The summed E-state index contributed by atoms with van der Waals surface area (Å²) in [5.41, 5.74) is -1.14. The molecule has 5 heteroatoms. The Morgan fingerprint density at radius 1 is 1.41 bits per heavy atom. The highest BCUT2D eigenvalue weighted by atomic mass is 16.6. The molecule has 3 aliphatic rings. The summed E-state index contributed by atoms with van der Waals surface area (Å²) in [6.07, 6.45) is 1.73. The molecule has 5 nitrogen and oxygen atoms in total. The molecule has 3 rings (SSSR count). The van der Waals surface area contributed by atoms with Gasteiger partial charge in [0.25, 0.3) is 0 Å². The third-order valence-electron chi connectivity index (χ3n) is 6.03. The van der Waals surface area contributed by atoms with Crippen LogP contribution in [0.4, 0.5) is 0 Å². The number of carbonyl (C=O) groups is 3. The van der Waals surface area contributed by atoms with Gasteiger partial charge in [-0.15, -0.1) is 0 Å². The monoisotopic (exact) mass is 306 g/mol. The van der Waals surface area contributed by atoms with E-state index in [4.69, 9.17) is 9.47 Å². The van der Waals surface area contributed by atoms with Crippen molar-refractivity contribution in [2.75, 3.05) is 0 Å². The van der Waals surface area contributed by atoms with Crippen molar-refractivity contribution in [1.29, 1.82) is 0 Å². The number of fused-ring (bicyclic) bond motifs is 2. The highest BCUT2D eigenvalue weighted by Gasteiger charge is 2.66. The van der Waals surface area contributed by atoms with Crippen molar-refractivity contribution in [3.63, 3.8) is 0 Å². The van der Waals surface area contributed by atoms with Gasteiger partial charge >= 0.3 is 11.9 Å². The van der Waals surface area contributed by atoms with E-state index < -0.39 is 11.0 Å². The van der Waals surface area contributed by atoms with Crippen LogP contribution in [0.15, 0.2) is 12.2 Å². The van der Waals surface area contributed by atoms with Crippen LogP contribution < -0.4 is 0 Å². The fourth-order valence-corrected chi connectivity index (χ4v) is 4.80. The number of esters is 2. The molecular formula is C17H22O5. The molecule has 0 aromatic heterocycles. The summed E-state index contributed by atoms with van der Waals surface area (Å²) in [5.74, 6) is -0.846. The summed E-state index contributed by atoms with van der Waals surface area (Å²) in [6, 6.07) is 0. The zero-order valence-corrected chi connectivity index (χ0v) is 13.3. The minimum atomic E-state index is -0.799. The van der Waals surface area contributed by atoms with E-state index in [-0.39, 0.29) is 35.7 Å². The second kappa shape index (κ2) is 4.67. The van der Waals surface area contributed by atoms with Gasteiger partial charge in [-0.3, -0.25) is 9.59 Å². The van der Waals surface area contributed by atoms with E-state index in [1.807, 2.05) is 13.8 Å². The van der Waals surface area contributed by atoms with E-state index in [2.05, 4.69) is 6.58 Å². The van der Waals surface area contributed by atoms with E-state index in [0.717, 1.165) is 0 Å². The van der Waals surface area contributed by atoms with E-state index >= 15 is 0 Å². The SMILES string of the molecule is C=C1C(=O)O[C@@H]2C[C@H](C)[C@]3(OC(C)=O)CCC(=O)[C@@]3(C)C[C@H]12. The molecule has 1 aliphatic heterocycles. The maximum atomic E-state index is 12.6. The maximum absolute atomic E-state index is 12.6. The molecule has 0 N–H and O–H groups in total. The van der Waals surface area contributed by atoms with Gasteiger partial charge in [0.05, 0.1) is 5.41 Å². The lowest BCUT2D eigenvalue weighted by atomic mass is 9.66. The third-order valence-corrected chi connectivity index (χ3v) is 6.03. The second-order valence-electron chi connectivity index (χ2n) is 7.15. The zero-order valence-electron chi connectivity index (χ0n) is 13.3. The fraction of sp³-hybridized carbons (Fsp3) is 0.706. The molecule has 5 atom stereocenters. The maximum Gasteiger partial charge on any atom is 0.334 e. The zero-order chi connectivity index (χ0) is 16.3. The highest BCUT2D eigenvalue weighted by Crippen LogP contribution is 2.59. The lowest BCUT2D eigenvalue weighted by molar-refractivity contribution is -0.181. The van der Waals surface area contributed by atoms with Crippen molar-refractivity contribution < 1.29 is 23.9 Å². The molecule has 2 aliphatic carbocycles. The lowest BCUT2D eigenvalue weighted by Crippen LogP contribution is -2.52. The van der Waals surface area contributed by atoms with Crippen molar-refractivity contribution in [2.24, 2.45) is 17.3 Å². The van der Waals surface area contributed by atoms with E-state index in [0.29, 0.717) is 31.3 Å². The summed E-state index contributed by atoms with van der Waals surface area (Å²) in [7, 11) is 0. The Kier molecular flexibility index (Phi) is 3.24. The number of hydrogen-bond acceptors (Lipinski definition) is 5. The molecule has 2 saturated carbocycles. The molecule has 120 valence electrons. The topological polar surface area (TPSA) is 69.7 Å². The Balaban J connectivity index is 2.07. The Labute approximate surface area is 130 Å². The van der Waals surface area contributed by atoms with Crippen LogP contribution in [0.25, 0.3) is 0 Å². The van der Waals surface area contributed by atoms with Gasteiger partial charge in [0.1, 0.15) is 17.5 Å². The predicted molar refractivity (Wildman–Crippen MR) is 77.8 cm³/mol. The summed E-state index contributed by atoms with van der Waals surface area (Å²) in [6.45, 7) is 9.09. The molecule has 0 amide bonds. The number of hydrogen-bond donors (Lipinski definition) is 0. The van der Waals surface area contributed by atoms with Gasteiger partial charge < -0.3 is 9.47 Å².